The Labute approximate surface area is 172 Å². The van der Waals surface area contributed by atoms with Gasteiger partial charge in [0.2, 0.25) is 0 Å². The highest BCUT2D eigenvalue weighted by Crippen LogP contribution is 2.32. The van der Waals surface area contributed by atoms with Crippen LogP contribution in [0.2, 0.25) is 63.5 Å². The van der Waals surface area contributed by atoms with Crippen LogP contribution in [0.15, 0.2) is 0 Å². The average molecular weight is 453 g/mol. The Hall–Kier alpha value is 0.218. The van der Waals surface area contributed by atoms with Gasteiger partial charge in [-0.1, -0.05) is 27.7 Å². The van der Waals surface area contributed by atoms with Gasteiger partial charge in [-0.2, -0.15) is 0 Å². The first-order valence-corrected chi connectivity index (χ1v) is 21.8. The third kappa shape index (κ3) is 11.1. The lowest BCUT2D eigenvalue weighted by molar-refractivity contribution is -0.143. The van der Waals surface area contributed by atoms with Crippen molar-refractivity contribution in [1.29, 1.82) is 0 Å². The van der Waals surface area contributed by atoms with Crippen LogP contribution in [0.4, 0.5) is 0 Å². The number of ether oxygens (including phenoxy) is 1. The van der Waals surface area contributed by atoms with Crippen molar-refractivity contribution in [1.82, 2.24) is 0 Å². The van der Waals surface area contributed by atoms with Crippen molar-refractivity contribution < 1.29 is 21.9 Å². The van der Waals surface area contributed by atoms with Crippen LogP contribution in [0, 0.1) is 0 Å². The molecule has 0 radical (unpaired) electrons. The third-order valence-corrected chi connectivity index (χ3v) is 21.5. The van der Waals surface area contributed by atoms with Crippen molar-refractivity contribution >= 4 is 39.7 Å². The third-order valence-electron chi connectivity index (χ3n) is 5.03. The molecular weight excluding hydrogens is 409 g/mol. The molecule has 0 unspecified atom stereocenters. The Morgan fingerprint density at radius 3 is 1.37 bits per heavy atom. The first kappa shape index (κ1) is 27.2. The van der Waals surface area contributed by atoms with Crippen LogP contribution in [0.25, 0.3) is 0 Å². The maximum Gasteiger partial charge on any atom is 0.469 e. The van der Waals surface area contributed by atoms with Crippen LogP contribution < -0.4 is 0 Å². The highest BCUT2D eigenvalue weighted by molar-refractivity contribution is 6.90. The Kier molecular flexibility index (Phi) is 11.5. The van der Waals surface area contributed by atoms with E-state index in [-0.39, 0.29) is 5.97 Å². The van der Waals surface area contributed by atoms with Gasteiger partial charge in [0.1, 0.15) is 0 Å². The van der Waals surface area contributed by atoms with E-state index in [2.05, 4.69) is 60.1 Å². The molecule has 0 aromatic heterocycles. The Bertz CT molecular complexity index is 409. The summed E-state index contributed by atoms with van der Waals surface area (Å²) in [6, 6.07) is 3.82. The highest BCUT2D eigenvalue weighted by atomic mass is 28.5. The topological polar surface area (TPSA) is 54.0 Å². The number of hydrogen-bond donors (Lipinski definition) is 0. The summed E-state index contributed by atoms with van der Waals surface area (Å²) >= 11 is 0. The Morgan fingerprint density at radius 2 is 1.07 bits per heavy atom. The normalized spacial score (nSPS) is 13.7. The summed E-state index contributed by atoms with van der Waals surface area (Å²) < 4.78 is 25.8. The van der Waals surface area contributed by atoms with Crippen LogP contribution in [0.3, 0.4) is 0 Å². The van der Waals surface area contributed by atoms with Crippen LogP contribution in [0.1, 0.15) is 40.5 Å². The smallest absolute Gasteiger partial charge is 0.466 e. The van der Waals surface area contributed by atoms with Crippen molar-refractivity contribution in [3.05, 3.63) is 0 Å². The zero-order valence-corrected chi connectivity index (χ0v) is 23.5. The molecule has 0 spiro atoms. The van der Waals surface area contributed by atoms with E-state index in [1.54, 1.807) is 0 Å². The lowest BCUT2D eigenvalue weighted by Crippen LogP contribution is -2.61. The summed E-state index contributed by atoms with van der Waals surface area (Å²) in [5.41, 5.74) is 0. The summed E-state index contributed by atoms with van der Waals surface area (Å²) in [5.74, 6) is -0.153. The average Bonchev–Trinajstić information content (AvgIpc) is 2.57. The molecule has 0 saturated heterocycles. The van der Waals surface area contributed by atoms with E-state index < -0.39 is 33.8 Å². The molecule has 0 bridgehead atoms. The monoisotopic (exact) mass is 452 g/mol. The van der Waals surface area contributed by atoms with Gasteiger partial charge in [-0.15, -0.1) is 0 Å². The molecule has 162 valence electrons. The standard InChI is InChI=1S/C18H44O5Si4/c1-11-18(19)20-16-15-17-27(21-24(5,6)12-2,22-25(7,8)13-3)23-26(9,10)14-4/h11-17H2,1-10H3. The second-order valence-corrected chi connectivity index (χ2v) is 26.0. The SMILES string of the molecule is CCC(=O)OCCC[Si](O[Si](C)(C)CC)(O[Si](C)(C)CC)O[Si](C)(C)CC. The predicted octanol–water partition coefficient (Wildman–Crippen LogP) is 5.99. The highest BCUT2D eigenvalue weighted by Gasteiger charge is 2.51. The fraction of sp³-hybridized carbons (Fsp3) is 0.944. The molecule has 0 aliphatic carbocycles. The maximum absolute atomic E-state index is 11.5. The van der Waals surface area contributed by atoms with Crippen LogP contribution in [0.5, 0.6) is 0 Å². The van der Waals surface area contributed by atoms with E-state index in [4.69, 9.17) is 17.1 Å². The molecule has 9 heteroatoms. The zero-order chi connectivity index (χ0) is 21.4. The van der Waals surface area contributed by atoms with Gasteiger partial charge in [0.15, 0.2) is 25.0 Å². The molecule has 0 heterocycles. The molecule has 0 aromatic rings. The summed E-state index contributed by atoms with van der Waals surface area (Å²) in [5, 5.41) is 0. The van der Waals surface area contributed by atoms with Crippen LogP contribution in [-0.2, 0) is 21.9 Å². The molecule has 27 heavy (non-hydrogen) atoms. The maximum atomic E-state index is 11.5. The van der Waals surface area contributed by atoms with Gasteiger partial charge in [-0.3, -0.25) is 4.79 Å². The molecule has 0 aromatic carbocycles. The summed E-state index contributed by atoms with van der Waals surface area (Å²) in [7, 11) is -8.49. The summed E-state index contributed by atoms with van der Waals surface area (Å²) in [4.78, 5) is 11.5. The molecule has 0 aliphatic rings. The lowest BCUT2D eigenvalue weighted by atomic mass is 10.5. The van der Waals surface area contributed by atoms with Crippen molar-refractivity contribution in [3.8, 4) is 0 Å². The predicted molar refractivity (Wildman–Crippen MR) is 124 cm³/mol. The zero-order valence-electron chi connectivity index (χ0n) is 19.5. The van der Waals surface area contributed by atoms with Gasteiger partial charge in [-0.25, -0.2) is 0 Å². The van der Waals surface area contributed by atoms with E-state index in [1.165, 1.54) is 0 Å². The molecular formula is C18H44O5Si4. The van der Waals surface area contributed by atoms with Gasteiger partial charge < -0.3 is 17.1 Å². The van der Waals surface area contributed by atoms with Crippen molar-refractivity contribution in [2.24, 2.45) is 0 Å². The first-order chi connectivity index (χ1) is 12.3. The van der Waals surface area contributed by atoms with Crippen molar-refractivity contribution in [2.45, 2.75) is 104 Å². The largest absolute Gasteiger partial charge is 0.469 e. The number of hydrogen-bond acceptors (Lipinski definition) is 5. The molecule has 0 aliphatic heterocycles. The molecule has 0 N–H and O–H groups in total. The van der Waals surface area contributed by atoms with Gasteiger partial charge in [-0.05, 0) is 63.8 Å². The molecule has 0 atom stereocenters. The Morgan fingerprint density at radius 1 is 0.704 bits per heavy atom. The van der Waals surface area contributed by atoms with E-state index in [0.717, 1.165) is 30.6 Å². The Balaban J connectivity index is 5.64. The van der Waals surface area contributed by atoms with Crippen LogP contribution >= 0.6 is 0 Å². The van der Waals surface area contributed by atoms with Crippen LogP contribution in [-0.4, -0.2) is 46.3 Å². The van der Waals surface area contributed by atoms with Gasteiger partial charge in [0.25, 0.3) is 0 Å². The van der Waals surface area contributed by atoms with E-state index in [0.29, 0.717) is 13.0 Å². The molecule has 5 nitrogen and oxygen atoms in total. The minimum Gasteiger partial charge on any atom is -0.466 e. The quantitative estimate of drug-likeness (QED) is 0.184. The molecule has 0 fully saturated rings. The van der Waals surface area contributed by atoms with E-state index >= 15 is 0 Å². The number of rotatable bonds is 14. The minimum absolute atomic E-state index is 0.153. The molecule has 0 saturated carbocycles. The van der Waals surface area contributed by atoms with Crippen molar-refractivity contribution in [2.75, 3.05) is 6.61 Å². The minimum atomic E-state index is -2.85. The summed E-state index contributed by atoms with van der Waals surface area (Å²) in [6.45, 7) is 22.3. The second-order valence-electron chi connectivity index (χ2n) is 9.01. The molecule has 0 amide bonds. The number of esters is 1. The second kappa shape index (κ2) is 11.4. The fourth-order valence-electron chi connectivity index (χ4n) is 2.27. The number of carbonyl (C=O) groups is 1. The molecule has 0 rings (SSSR count). The van der Waals surface area contributed by atoms with Gasteiger partial charge >= 0.3 is 14.8 Å². The first-order valence-electron chi connectivity index (χ1n) is 10.5. The van der Waals surface area contributed by atoms with Gasteiger partial charge in [0.05, 0.1) is 6.61 Å². The van der Waals surface area contributed by atoms with Crippen molar-refractivity contribution in [3.63, 3.8) is 0 Å². The van der Waals surface area contributed by atoms with Gasteiger partial charge in [0, 0.05) is 12.5 Å². The number of carbonyl (C=O) groups excluding carboxylic acids is 1. The van der Waals surface area contributed by atoms with E-state index in [1.807, 2.05) is 6.92 Å². The lowest BCUT2D eigenvalue weighted by Gasteiger charge is -2.44. The van der Waals surface area contributed by atoms with E-state index in [9.17, 15) is 4.79 Å². The summed E-state index contributed by atoms with van der Waals surface area (Å²) in [6.07, 6.45) is 1.14. The fourth-order valence-corrected chi connectivity index (χ4v) is 17.5.